The molecular weight excluding hydrogens is 242 g/mol. The second kappa shape index (κ2) is 6.04. The maximum absolute atomic E-state index is 12.1. The Morgan fingerprint density at radius 1 is 1.47 bits per heavy atom. The number of hydrogen-bond donors (Lipinski definition) is 3. The third-order valence-electron chi connectivity index (χ3n) is 3.28. The Morgan fingerprint density at radius 2 is 2.11 bits per heavy atom. The zero-order chi connectivity index (χ0) is 13.8. The first-order valence-corrected chi connectivity index (χ1v) is 6.66. The van der Waals surface area contributed by atoms with E-state index in [9.17, 15) is 4.79 Å². The summed E-state index contributed by atoms with van der Waals surface area (Å²) in [5.74, 6) is 0. The monoisotopic (exact) mass is 263 g/mol. The van der Waals surface area contributed by atoms with Gasteiger partial charge in [0, 0.05) is 24.3 Å². The highest BCUT2D eigenvalue weighted by Crippen LogP contribution is 2.27. The van der Waals surface area contributed by atoms with E-state index in [1.165, 1.54) is 0 Å². The number of anilines is 1. The van der Waals surface area contributed by atoms with Gasteiger partial charge in [-0.2, -0.15) is 0 Å². The molecule has 19 heavy (non-hydrogen) atoms. The van der Waals surface area contributed by atoms with E-state index in [0.717, 1.165) is 24.1 Å². The number of nitrogens with one attached hydrogen (secondary N) is 1. The van der Waals surface area contributed by atoms with Gasteiger partial charge < -0.3 is 21.1 Å². The number of nitrogens with two attached hydrogens (primary N) is 1. The molecule has 0 heterocycles. The van der Waals surface area contributed by atoms with Crippen molar-refractivity contribution in [2.75, 3.05) is 18.5 Å². The minimum atomic E-state index is -0.148. The van der Waals surface area contributed by atoms with Crippen LogP contribution in [0.3, 0.4) is 0 Å². The lowest BCUT2D eigenvalue weighted by molar-refractivity contribution is 0.185. The summed E-state index contributed by atoms with van der Waals surface area (Å²) in [5, 5.41) is 11.8. The van der Waals surface area contributed by atoms with Crippen LogP contribution in [0, 0.1) is 0 Å². The third-order valence-corrected chi connectivity index (χ3v) is 3.28. The average molecular weight is 263 g/mol. The van der Waals surface area contributed by atoms with Gasteiger partial charge >= 0.3 is 6.03 Å². The number of amides is 2. The molecule has 0 saturated heterocycles. The Hall–Kier alpha value is -1.59. The minimum absolute atomic E-state index is 0.00640. The molecule has 0 radical (unpaired) electrons. The molecule has 5 heteroatoms. The lowest BCUT2D eigenvalue weighted by atomic mass is 10.1. The summed E-state index contributed by atoms with van der Waals surface area (Å²) in [5.41, 5.74) is 7.56. The van der Waals surface area contributed by atoms with E-state index in [4.69, 9.17) is 10.8 Å². The van der Waals surface area contributed by atoms with Gasteiger partial charge in [-0.15, -0.1) is 0 Å². The number of nitrogens with zero attached hydrogens (tertiary/aromatic N) is 1. The predicted molar refractivity (Wildman–Crippen MR) is 74.9 cm³/mol. The molecule has 1 aliphatic rings. The number of carbonyl (C=O) groups is 1. The molecule has 1 aliphatic carbocycles. The Balaban J connectivity index is 1.97. The number of benzene rings is 1. The zero-order valence-electron chi connectivity index (χ0n) is 11.2. The van der Waals surface area contributed by atoms with Gasteiger partial charge in [0.1, 0.15) is 0 Å². The Kier molecular flexibility index (Phi) is 4.39. The van der Waals surface area contributed by atoms with Gasteiger partial charge in [0.05, 0.1) is 6.61 Å². The van der Waals surface area contributed by atoms with Crippen molar-refractivity contribution in [3.63, 3.8) is 0 Å². The first-order valence-electron chi connectivity index (χ1n) is 6.66. The van der Waals surface area contributed by atoms with Gasteiger partial charge in [0.15, 0.2) is 0 Å². The van der Waals surface area contributed by atoms with Crippen LogP contribution in [-0.4, -0.2) is 35.2 Å². The second-order valence-electron chi connectivity index (χ2n) is 4.99. The molecule has 1 unspecified atom stereocenters. The lowest BCUT2D eigenvalue weighted by Gasteiger charge is -2.21. The SMILES string of the molecule is CC(N)c1ccc(NC(=O)N(CCO)C2CC2)cc1. The minimum Gasteiger partial charge on any atom is -0.395 e. The van der Waals surface area contributed by atoms with Crippen molar-refractivity contribution < 1.29 is 9.90 Å². The summed E-state index contributed by atoms with van der Waals surface area (Å²) in [6, 6.07) is 7.64. The number of urea groups is 1. The molecule has 0 aromatic heterocycles. The van der Waals surface area contributed by atoms with E-state index in [2.05, 4.69) is 5.32 Å². The Bertz CT molecular complexity index is 427. The van der Waals surface area contributed by atoms with Crippen LogP contribution in [0.1, 0.15) is 31.4 Å². The van der Waals surface area contributed by atoms with Crippen molar-refractivity contribution in [3.05, 3.63) is 29.8 Å². The van der Waals surface area contributed by atoms with Gasteiger partial charge in [0.2, 0.25) is 0 Å². The van der Waals surface area contributed by atoms with E-state index in [0.29, 0.717) is 6.54 Å². The maximum atomic E-state index is 12.1. The van der Waals surface area contributed by atoms with Crippen LogP contribution < -0.4 is 11.1 Å². The fraction of sp³-hybridized carbons (Fsp3) is 0.500. The fourth-order valence-corrected chi connectivity index (χ4v) is 2.01. The number of hydrogen-bond acceptors (Lipinski definition) is 3. The van der Waals surface area contributed by atoms with Crippen LogP contribution in [-0.2, 0) is 0 Å². The van der Waals surface area contributed by atoms with Crippen LogP contribution in [0.25, 0.3) is 0 Å². The average Bonchev–Trinajstić information content (AvgIpc) is 3.20. The van der Waals surface area contributed by atoms with Crippen molar-refractivity contribution in [1.82, 2.24) is 4.90 Å². The van der Waals surface area contributed by atoms with E-state index in [1.807, 2.05) is 31.2 Å². The smallest absolute Gasteiger partial charge is 0.322 e. The van der Waals surface area contributed by atoms with Crippen molar-refractivity contribution >= 4 is 11.7 Å². The number of rotatable bonds is 5. The van der Waals surface area contributed by atoms with E-state index >= 15 is 0 Å². The quantitative estimate of drug-likeness (QED) is 0.756. The molecular formula is C14H21N3O2. The normalized spacial score (nSPS) is 15.9. The first-order chi connectivity index (χ1) is 9.11. The molecule has 0 spiro atoms. The van der Waals surface area contributed by atoms with Crippen LogP contribution in [0.5, 0.6) is 0 Å². The largest absolute Gasteiger partial charge is 0.395 e. The van der Waals surface area contributed by atoms with Crippen LogP contribution in [0.15, 0.2) is 24.3 Å². The number of aliphatic hydroxyl groups is 1. The molecule has 2 rings (SSSR count). The first kappa shape index (κ1) is 13.8. The fourth-order valence-electron chi connectivity index (χ4n) is 2.01. The second-order valence-corrected chi connectivity index (χ2v) is 4.99. The summed E-state index contributed by atoms with van der Waals surface area (Å²) in [4.78, 5) is 13.8. The molecule has 0 bridgehead atoms. The maximum Gasteiger partial charge on any atom is 0.322 e. The topological polar surface area (TPSA) is 78.6 Å². The van der Waals surface area contributed by atoms with Crippen molar-refractivity contribution in [2.45, 2.75) is 31.8 Å². The van der Waals surface area contributed by atoms with Crippen LogP contribution in [0.2, 0.25) is 0 Å². The molecule has 1 aromatic rings. The summed E-state index contributed by atoms with van der Waals surface area (Å²) in [6.45, 7) is 2.30. The Labute approximate surface area is 113 Å². The van der Waals surface area contributed by atoms with Gasteiger partial charge in [-0.05, 0) is 37.5 Å². The highest BCUT2D eigenvalue weighted by Gasteiger charge is 2.32. The van der Waals surface area contributed by atoms with Crippen LogP contribution >= 0.6 is 0 Å². The Morgan fingerprint density at radius 3 is 2.58 bits per heavy atom. The summed E-state index contributed by atoms with van der Waals surface area (Å²) in [6.07, 6.45) is 2.05. The molecule has 4 N–H and O–H groups in total. The van der Waals surface area contributed by atoms with E-state index in [-0.39, 0.29) is 24.7 Å². The summed E-state index contributed by atoms with van der Waals surface area (Å²) in [7, 11) is 0. The predicted octanol–water partition coefficient (Wildman–Crippen LogP) is 1.69. The van der Waals surface area contributed by atoms with Gasteiger partial charge in [0.25, 0.3) is 0 Å². The van der Waals surface area contributed by atoms with Gasteiger partial charge in [-0.25, -0.2) is 4.79 Å². The summed E-state index contributed by atoms with van der Waals surface area (Å²) >= 11 is 0. The van der Waals surface area contributed by atoms with E-state index in [1.54, 1.807) is 4.90 Å². The van der Waals surface area contributed by atoms with Gasteiger partial charge in [-0.1, -0.05) is 12.1 Å². The highest BCUT2D eigenvalue weighted by molar-refractivity contribution is 5.89. The third kappa shape index (κ3) is 3.68. The number of aliphatic hydroxyl groups excluding tert-OH is 1. The summed E-state index contributed by atoms with van der Waals surface area (Å²) < 4.78 is 0. The number of carbonyl (C=O) groups excluding carboxylic acids is 1. The van der Waals surface area contributed by atoms with Gasteiger partial charge in [-0.3, -0.25) is 0 Å². The molecule has 1 aromatic carbocycles. The molecule has 1 fully saturated rings. The van der Waals surface area contributed by atoms with Crippen LogP contribution in [0.4, 0.5) is 10.5 Å². The highest BCUT2D eigenvalue weighted by atomic mass is 16.3. The molecule has 2 amide bonds. The van der Waals surface area contributed by atoms with E-state index < -0.39 is 0 Å². The molecule has 104 valence electrons. The molecule has 0 aliphatic heterocycles. The molecule has 1 saturated carbocycles. The molecule has 5 nitrogen and oxygen atoms in total. The van der Waals surface area contributed by atoms with Crippen molar-refractivity contribution in [3.8, 4) is 0 Å². The lowest BCUT2D eigenvalue weighted by Crippen LogP contribution is -2.38. The standard InChI is InChI=1S/C14H21N3O2/c1-10(15)11-2-4-12(5-3-11)16-14(19)17(8-9-18)13-6-7-13/h2-5,10,13,18H,6-9,15H2,1H3,(H,16,19). The zero-order valence-corrected chi connectivity index (χ0v) is 11.2. The molecule has 1 atom stereocenters. The van der Waals surface area contributed by atoms with Crippen molar-refractivity contribution in [2.24, 2.45) is 5.73 Å². The van der Waals surface area contributed by atoms with Crippen molar-refractivity contribution in [1.29, 1.82) is 0 Å².